The zero-order chi connectivity index (χ0) is 43.4. The fourth-order valence-corrected chi connectivity index (χ4v) is 7.77. The molecule has 0 radical (unpaired) electrons. The molecule has 1 aliphatic heterocycles. The van der Waals surface area contributed by atoms with Crippen molar-refractivity contribution in [3.05, 3.63) is 124 Å². The van der Waals surface area contributed by atoms with E-state index in [9.17, 15) is 19.5 Å². The molecule has 0 fully saturated rings. The second kappa shape index (κ2) is 21.2. The van der Waals surface area contributed by atoms with E-state index in [0.717, 1.165) is 23.1 Å². The zero-order valence-corrected chi connectivity index (χ0v) is 35.7. The van der Waals surface area contributed by atoms with Crippen molar-refractivity contribution in [1.29, 1.82) is 0 Å². The van der Waals surface area contributed by atoms with Gasteiger partial charge >= 0.3 is 5.97 Å². The summed E-state index contributed by atoms with van der Waals surface area (Å²) in [6, 6.07) is 22.4. The summed E-state index contributed by atoms with van der Waals surface area (Å²) in [5.41, 5.74) is 4.22. The van der Waals surface area contributed by atoms with Crippen molar-refractivity contribution in [3.63, 3.8) is 0 Å². The first-order valence-corrected chi connectivity index (χ1v) is 21.3. The highest BCUT2D eigenvalue weighted by molar-refractivity contribution is 7.13. The maximum Gasteiger partial charge on any atom is 0.335 e. The van der Waals surface area contributed by atoms with Crippen LogP contribution in [0.3, 0.4) is 0 Å². The molecule has 0 saturated heterocycles. The van der Waals surface area contributed by atoms with Crippen LogP contribution in [0.2, 0.25) is 0 Å². The summed E-state index contributed by atoms with van der Waals surface area (Å²) in [5, 5.41) is 20.9. The topological polar surface area (TPSA) is 157 Å². The molecule has 0 aliphatic carbocycles. The van der Waals surface area contributed by atoms with Crippen molar-refractivity contribution in [2.45, 2.75) is 58.4 Å². The molecule has 0 saturated carbocycles. The molecule has 1 aromatic heterocycles. The number of carbonyl (C=O) groups excluding carboxylic acids is 2. The van der Waals surface area contributed by atoms with Crippen LogP contribution in [0.4, 0.5) is 9.52 Å². The third-order valence-corrected chi connectivity index (χ3v) is 11.1. The number of carboxylic acids is 1. The Bertz CT molecular complexity index is 2250. The van der Waals surface area contributed by atoms with E-state index in [-0.39, 0.29) is 54.2 Å². The van der Waals surface area contributed by atoms with E-state index in [1.165, 1.54) is 35.1 Å². The molecular formula is C47H53FN4O8S. The van der Waals surface area contributed by atoms with Gasteiger partial charge in [-0.3, -0.25) is 9.59 Å². The second-order valence-corrected chi connectivity index (χ2v) is 16.5. The lowest BCUT2D eigenvalue weighted by molar-refractivity contribution is -0.122. The predicted octanol–water partition coefficient (Wildman–Crippen LogP) is 8.36. The number of fused-ring (bicyclic) bond motifs is 1. The van der Waals surface area contributed by atoms with Crippen molar-refractivity contribution in [2.24, 2.45) is 5.92 Å². The first-order chi connectivity index (χ1) is 29.4. The van der Waals surface area contributed by atoms with E-state index in [1.54, 1.807) is 35.8 Å². The number of hydrogen-bond donors (Lipinski definition) is 4. The first-order valence-electron chi connectivity index (χ1n) is 20.5. The lowest BCUT2D eigenvalue weighted by Crippen LogP contribution is -2.47. The summed E-state index contributed by atoms with van der Waals surface area (Å²) in [6.07, 6.45) is 3.44. The normalized spacial score (nSPS) is 15.2. The predicted molar refractivity (Wildman–Crippen MR) is 233 cm³/mol. The Morgan fingerprint density at radius 2 is 1.66 bits per heavy atom. The number of benzene rings is 4. The number of halogens is 1. The van der Waals surface area contributed by atoms with Crippen LogP contribution < -0.4 is 25.4 Å². The molecule has 322 valence electrons. The van der Waals surface area contributed by atoms with Crippen LogP contribution in [0, 0.1) is 11.7 Å². The Balaban J connectivity index is 1.04. The Labute approximate surface area is 359 Å². The molecule has 6 rings (SSSR count). The third-order valence-electron chi connectivity index (χ3n) is 10.4. The monoisotopic (exact) mass is 852 g/mol. The second-order valence-electron chi connectivity index (χ2n) is 15.6. The molecule has 5 aromatic rings. The van der Waals surface area contributed by atoms with Crippen molar-refractivity contribution in [2.75, 3.05) is 51.4 Å². The molecule has 4 N–H and O–H groups in total. The van der Waals surface area contributed by atoms with Gasteiger partial charge in [-0.1, -0.05) is 50.2 Å². The summed E-state index contributed by atoms with van der Waals surface area (Å²) in [5.74, 6) is -0.584. The number of thiazole rings is 1. The fourth-order valence-electron chi connectivity index (χ4n) is 7.22. The van der Waals surface area contributed by atoms with Crippen LogP contribution in [-0.2, 0) is 37.4 Å². The van der Waals surface area contributed by atoms with Gasteiger partial charge in [0.15, 0.2) is 16.6 Å². The number of nitrogens with zero attached hydrogens (tertiary/aromatic N) is 1. The summed E-state index contributed by atoms with van der Waals surface area (Å²) < 4.78 is 39.5. The maximum absolute atomic E-state index is 15.6. The van der Waals surface area contributed by atoms with Gasteiger partial charge in [-0.05, 0) is 96.8 Å². The molecule has 0 bridgehead atoms. The molecule has 61 heavy (non-hydrogen) atoms. The molecule has 0 spiro atoms. The number of carboxylic acid groups (broad SMARTS) is 1. The van der Waals surface area contributed by atoms with Crippen LogP contribution in [-0.4, -0.2) is 74.0 Å². The number of ether oxygens (including phenoxy) is 4. The largest absolute Gasteiger partial charge is 0.487 e. The van der Waals surface area contributed by atoms with Crippen molar-refractivity contribution in [3.8, 4) is 28.4 Å². The molecule has 1 aliphatic rings. The summed E-state index contributed by atoms with van der Waals surface area (Å²) in [7, 11) is 0. The minimum atomic E-state index is -1.07. The number of hydrogen-bond acceptors (Lipinski definition) is 10. The van der Waals surface area contributed by atoms with Crippen LogP contribution in [0.1, 0.15) is 72.6 Å². The molecular weight excluding hydrogens is 800 g/mol. The van der Waals surface area contributed by atoms with E-state index in [4.69, 9.17) is 18.9 Å². The van der Waals surface area contributed by atoms with E-state index in [1.807, 2.05) is 38.1 Å². The van der Waals surface area contributed by atoms with Crippen LogP contribution in [0.15, 0.2) is 90.4 Å². The molecule has 0 unspecified atom stereocenters. The van der Waals surface area contributed by atoms with Gasteiger partial charge in [-0.15, -0.1) is 11.3 Å². The number of aromatic nitrogens is 1. The highest BCUT2D eigenvalue weighted by atomic mass is 32.1. The number of nitrogens with one attached hydrogen (secondary N) is 3. The summed E-state index contributed by atoms with van der Waals surface area (Å²) >= 11 is 1.34. The van der Waals surface area contributed by atoms with Crippen molar-refractivity contribution in [1.82, 2.24) is 15.6 Å². The number of anilines is 1. The molecule has 2 amide bonds. The highest BCUT2D eigenvalue weighted by Gasteiger charge is 2.35. The fraction of sp³-hybridized carbons (Fsp3) is 0.362. The SMILES string of the molecule is CC(C)Cc1ccc([C@H](C)C(=O)NCCOCCOCCOc2cc3c(cc2Oc2ccc(-c4ccc(C(=O)O)cc4)c(F)c2)[C@@](C)(CC(=O)Nc2nccs2)NCC3)cc1. The van der Waals surface area contributed by atoms with Crippen LogP contribution in [0.25, 0.3) is 11.1 Å². The van der Waals surface area contributed by atoms with Crippen LogP contribution in [0.5, 0.6) is 17.2 Å². The van der Waals surface area contributed by atoms with Gasteiger partial charge in [0.05, 0.1) is 37.9 Å². The minimum Gasteiger partial charge on any atom is -0.487 e. The van der Waals surface area contributed by atoms with Gasteiger partial charge in [0.1, 0.15) is 18.2 Å². The average Bonchev–Trinajstić information content (AvgIpc) is 3.74. The van der Waals surface area contributed by atoms with Crippen LogP contribution >= 0.6 is 11.3 Å². The Morgan fingerprint density at radius 3 is 2.34 bits per heavy atom. The van der Waals surface area contributed by atoms with Crippen molar-refractivity contribution >= 4 is 34.3 Å². The Kier molecular flexibility index (Phi) is 15.6. The zero-order valence-electron chi connectivity index (χ0n) is 34.9. The van der Waals surface area contributed by atoms with Gasteiger partial charge in [-0.2, -0.15) is 0 Å². The maximum atomic E-state index is 15.6. The smallest absolute Gasteiger partial charge is 0.335 e. The highest BCUT2D eigenvalue weighted by Crippen LogP contribution is 2.42. The molecule has 4 aromatic carbocycles. The molecule has 2 atom stereocenters. The van der Waals surface area contributed by atoms with Gasteiger partial charge < -0.3 is 40.0 Å². The van der Waals surface area contributed by atoms with Gasteiger partial charge in [0.2, 0.25) is 11.8 Å². The van der Waals surface area contributed by atoms with E-state index >= 15 is 4.39 Å². The minimum absolute atomic E-state index is 0.0517. The van der Waals surface area contributed by atoms with Gasteiger partial charge in [-0.25, -0.2) is 14.2 Å². The van der Waals surface area contributed by atoms with E-state index < -0.39 is 17.3 Å². The number of aromatic carboxylic acids is 1. The molecule has 14 heteroatoms. The van der Waals surface area contributed by atoms with E-state index in [0.29, 0.717) is 67.4 Å². The number of amides is 2. The van der Waals surface area contributed by atoms with Crippen molar-refractivity contribution < 1.29 is 42.8 Å². The lowest BCUT2D eigenvalue weighted by Gasteiger charge is -2.37. The number of rotatable bonds is 21. The first kappa shape index (κ1) is 44.9. The third kappa shape index (κ3) is 12.4. The van der Waals surface area contributed by atoms with E-state index in [2.05, 4.69) is 46.9 Å². The van der Waals surface area contributed by atoms with Gasteiger partial charge in [0.25, 0.3) is 0 Å². The molecule has 2 heterocycles. The van der Waals surface area contributed by atoms with Gasteiger partial charge in [0, 0.05) is 48.3 Å². The summed E-state index contributed by atoms with van der Waals surface area (Å²) in [6.45, 7) is 10.7. The quantitative estimate of drug-likeness (QED) is 0.0529. The Morgan fingerprint density at radius 1 is 0.918 bits per heavy atom. The standard InChI is InChI=1S/C47H53FN4O8S/c1-30(2)25-32-5-7-33(8-6-32)31(3)44(54)49-17-19-57-20-21-58-22-23-59-41-26-36-15-16-51-47(4,29-43(53)52-46-50-18-24-61-46)39(36)28-42(41)60-37-13-14-38(40(48)27-37)34-9-11-35(12-10-34)45(55)56/h5-14,18,24,26-28,30-31,51H,15-17,19-23,25,29H2,1-4H3,(H,49,54)(H,55,56)(H,50,52,53)/t31-,47+/m0/s1. The average molecular weight is 853 g/mol. The molecule has 12 nitrogen and oxygen atoms in total. The lowest BCUT2D eigenvalue weighted by atomic mass is 9.81. The summed E-state index contributed by atoms with van der Waals surface area (Å²) in [4.78, 5) is 41.3. The Hall–Kier alpha value is -5.67. The number of carbonyl (C=O) groups is 3.